The smallest absolute Gasteiger partial charge is 0.256 e. The number of piperidine rings is 1. The third-order valence-electron chi connectivity index (χ3n) is 6.84. The van der Waals surface area contributed by atoms with Crippen molar-refractivity contribution < 1.29 is 22.7 Å². The first kappa shape index (κ1) is 23.4. The number of hydrogen-bond donors (Lipinski definition) is 2. The summed E-state index contributed by atoms with van der Waals surface area (Å²) in [6.45, 7) is 0.711. The van der Waals surface area contributed by atoms with E-state index in [-0.39, 0.29) is 27.8 Å². The Labute approximate surface area is 195 Å². The van der Waals surface area contributed by atoms with Gasteiger partial charge in [-0.2, -0.15) is 0 Å². The number of benzene rings is 2. The van der Waals surface area contributed by atoms with Crippen molar-refractivity contribution in [1.82, 2.24) is 10.2 Å². The van der Waals surface area contributed by atoms with Crippen LogP contribution in [-0.4, -0.2) is 51.4 Å². The Bertz CT molecular complexity index is 1150. The van der Waals surface area contributed by atoms with Crippen molar-refractivity contribution in [1.29, 1.82) is 0 Å². The van der Waals surface area contributed by atoms with Gasteiger partial charge in [0.1, 0.15) is 11.5 Å². The molecule has 2 bridgehead atoms. The molecule has 0 spiro atoms. The number of hydrogen-bond acceptors (Lipinski definition) is 7. The molecule has 178 valence electrons. The largest absolute Gasteiger partial charge is 0.497 e. The van der Waals surface area contributed by atoms with Gasteiger partial charge in [-0.3, -0.25) is 9.69 Å². The second-order valence-corrected chi connectivity index (χ2v) is 10.9. The molecule has 2 saturated heterocycles. The van der Waals surface area contributed by atoms with Crippen LogP contribution in [0.1, 0.15) is 48.0 Å². The molecule has 2 fully saturated rings. The molecule has 2 aliphatic rings. The summed E-state index contributed by atoms with van der Waals surface area (Å²) in [5.41, 5.74) is 6.80. The number of nitrogens with one attached hydrogen (secondary N) is 1. The van der Waals surface area contributed by atoms with Crippen LogP contribution in [0.3, 0.4) is 0 Å². The van der Waals surface area contributed by atoms with E-state index in [1.807, 2.05) is 24.3 Å². The molecule has 8 nitrogen and oxygen atoms in total. The van der Waals surface area contributed by atoms with E-state index in [1.54, 1.807) is 7.11 Å². The number of ether oxygens (including phenoxy) is 2. The molecule has 0 aromatic heterocycles. The molecule has 2 aliphatic heterocycles. The van der Waals surface area contributed by atoms with Crippen LogP contribution in [0, 0.1) is 0 Å². The van der Waals surface area contributed by atoms with E-state index in [1.165, 1.54) is 19.2 Å². The zero-order valence-corrected chi connectivity index (χ0v) is 20.1. The van der Waals surface area contributed by atoms with Gasteiger partial charge in [-0.1, -0.05) is 12.1 Å². The maximum absolute atomic E-state index is 13.5. The molecule has 0 saturated carbocycles. The van der Waals surface area contributed by atoms with Crippen LogP contribution < -0.4 is 20.5 Å². The van der Waals surface area contributed by atoms with E-state index in [4.69, 9.17) is 15.2 Å². The highest BCUT2D eigenvalue weighted by atomic mass is 32.2. The number of anilines is 1. The summed E-state index contributed by atoms with van der Waals surface area (Å²) in [7, 11) is -0.518. The number of carbonyl (C=O) groups is 1. The van der Waals surface area contributed by atoms with E-state index in [2.05, 4.69) is 10.2 Å². The molecule has 9 heteroatoms. The van der Waals surface area contributed by atoms with Crippen molar-refractivity contribution in [3.8, 4) is 11.5 Å². The number of rotatable bonds is 7. The van der Waals surface area contributed by atoms with Gasteiger partial charge >= 0.3 is 0 Å². The second kappa shape index (κ2) is 8.87. The van der Waals surface area contributed by atoms with Crippen molar-refractivity contribution in [2.75, 3.05) is 26.2 Å². The first-order valence-electron chi connectivity index (χ1n) is 11.1. The number of fused-ring (bicyclic) bond motifs is 2. The summed E-state index contributed by atoms with van der Waals surface area (Å²) in [4.78, 5) is 15.8. The molecular weight excluding hydrogens is 442 g/mol. The fourth-order valence-corrected chi connectivity index (χ4v) is 6.00. The maximum atomic E-state index is 13.5. The van der Waals surface area contributed by atoms with Crippen molar-refractivity contribution >= 4 is 21.4 Å². The number of nitrogens with two attached hydrogens (primary N) is 1. The minimum Gasteiger partial charge on any atom is -0.497 e. The topological polar surface area (TPSA) is 111 Å². The summed E-state index contributed by atoms with van der Waals surface area (Å²) in [5.74, 6) is 0.695. The predicted molar refractivity (Wildman–Crippen MR) is 126 cm³/mol. The lowest BCUT2D eigenvalue weighted by atomic mass is 9.95. The molecule has 2 aromatic carbocycles. The Balaban J connectivity index is 1.64. The minimum absolute atomic E-state index is 0.0591. The van der Waals surface area contributed by atoms with Crippen LogP contribution >= 0.6 is 0 Å². The molecule has 2 aromatic rings. The number of sulfone groups is 1. The van der Waals surface area contributed by atoms with Gasteiger partial charge in [-0.05, 0) is 55.9 Å². The zero-order chi connectivity index (χ0) is 23.8. The molecular formula is C24H31N3O5S. The van der Waals surface area contributed by atoms with E-state index >= 15 is 0 Å². The summed E-state index contributed by atoms with van der Waals surface area (Å²) in [6, 6.07) is 11.1. The first-order valence-corrected chi connectivity index (χ1v) is 13.0. The Morgan fingerprint density at radius 1 is 1.15 bits per heavy atom. The van der Waals surface area contributed by atoms with Crippen molar-refractivity contribution in [2.24, 2.45) is 0 Å². The number of carbonyl (C=O) groups excluding carboxylic acids is 1. The molecule has 0 aliphatic carbocycles. The maximum Gasteiger partial charge on any atom is 0.256 e. The molecule has 2 heterocycles. The van der Waals surface area contributed by atoms with Crippen molar-refractivity contribution in [3.63, 3.8) is 0 Å². The standard InChI is InChI=1S/C24H31N3O5S/c1-31-18-8-6-16(7-9-18)15-27-17-5-4-11-24(27,12-10-17)26-23(28)19-13-22(33(3,29)30)20(25)14-21(19)32-2/h6-9,13-14,17H,4-5,10-12,15,25H2,1-3H3,(H,26,28). The number of amides is 1. The Morgan fingerprint density at radius 2 is 1.88 bits per heavy atom. The third-order valence-corrected chi connectivity index (χ3v) is 8.00. The molecule has 3 N–H and O–H groups in total. The van der Waals surface area contributed by atoms with Crippen LogP contribution in [0.4, 0.5) is 5.69 Å². The van der Waals surface area contributed by atoms with Gasteiger partial charge in [0.2, 0.25) is 0 Å². The van der Waals surface area contributed by atoms with Crippen LogP contribution in [0.25, 0.3) is 0 Å². The van der Waals surface area contributed by atoms with E-state index < -0.39 is 15.5 Å². The number of nitrogen functional groups attached to an aromatic ring is 1. The Hall–Kier alpha value is -2.78. The predicted octanol–water partition coefficient (Wildman–Crippen LogP) is 2.96. The van der Waals surface area contributed by atoms with Crippen LogP contribution in [0.2, 0.25) is 0 Å². The van der Waals surface area contributed by atoms with E-state index in [0.717, 1.165) is 49.7 Å². The zero-order valence-electron chi connectivity index (χ0n) is 19.3. The lowest BCUT2D eigenvalue weighted by Gasteiger charge is -2.45. The van der Waals surface area contributed by atoms with E-state index in [9.17, 15) is 13.2 Å². The Kier molecular flexibility index (Phi) is 6.28. The van der Waals surface area contributed by atoms with Gasteiger partial charge in [-0.15, -0.1) is 0 Å². The molecule has 2 unspecified atom stereocenters. The lowest BCUT2D eigenvalue weighted by Crippen LogP contribution is -2.60. The normalized spacial score (nSPS) is 22.7. The summed E-state index contributed by atoms with van der Waals surface area (Å²) in [5, 5.41) is 3.25. The number of nitrogens with zero attached hydrogens (tertiary/aromatic N) is 1. The fourth-order valence-electron chi connectivity index (χ4n) is 5.18. The quantitative estimate of drug-likeness (QED) is 0.595. The van der Waals surface area contributed by atoms with Crippen LogP contribution in [0.15, 0.2) is 41.3 Å². The number of methoxy groups -OCH3 is 2. The molecule has 1 amide bonds. The van der Waals surface area contributed by atoms with Crippen LogP contribution in [-0.2, 0) is 16.4 Å². The lowest BCUT2D eigenvalue weighted by molar-refractivity contribution is 0.0184. The highest BCUT2D eigenvalue weighted by molar-refractivity contribution is 7.90. The second-order valence-electron chi connectivity index (χ2n) is 8.91. The highest BCUT2D eigenvalue weighted by Crippen LogP contribution is 2.44. The van der Waals surface area contributed by atoms with Gasteiger partial charge in [0.15, 0.2) is 9.84 Å². The minimum atomic E-state index is -3.60. The summed E-state index contributed by atoms with van der Waals surface area (Å²) < 4.78 is 35.0. The van der Waals surface area contributed by atoms with E-state index in [0.29, 0.717) is 12.6 Å². The molecule has 2 atom stereocenters. The van der Waals surface area contributed by atoms with Crippen LogP contribution in [0.5, 0.6) is 11.5 Å². The first-order chi connectivity index (χ1) is 15.7. The molecule has 33 heavy (non-hydrogen) atoms. The fraction of sp³-hybridized carbons (Fsp3) is 0.458. The third kappa shape index (κ3) is 4.52. The monoisotopic (exact) mass is 473 g/mol. The summed E-state index contributed by atoms with van der Waals surface area (Å²) in [6.07, 6.45) is 5.88. The van der Waals surface area contributed by atoms with Gasteiger partial charge < -0.3 is 20.5 Å². The Morgan fingerprint density at radius 3 is 2.52 bits per heavy atom. The average molecular weight is 474 g/mol. The molecule has 0 radical (unpaired) electrons. The average Bonchev–Trinajstić information content (AvgIpc) is 2.95. The van der Waals surface area contributed by atoms with Gasteiger partial charge in [0.05, 0.1) is 36.0 Å². The SMILES string of the molecule is COc1ccc(CN2C3CCCC2(NC(=O)c2cc(S(C)(=O)=O)c(N)cc2OC)CC3)cc1. The van der Waals surface area contributed by atoms with Crippen molar-refractivity contribution in [3.05, 3.63) is 47.5 Å². The van der Waals surface area contributed by atoms with Gasteiger partial charge in [0, 0.05) is 24.9 Å². The van der Waals surface area contributed by atoms with Gasteiger partial charge in [0.25, 0.3) is 5.91 Å². The van der Waals surface area contributed by atoms with Crippen molar-refractivity contribution in [2.45, 2.75) is 55.2 Å². The highest BCUT2D eigenvalue weighted by Gasteiger charge is 2.49. The molecule has 4 rings (SSSR count). The van der Waals surface area contributed by atoms with Gasteiger partial charge in [-0.25, -0.2) is 8.42 Å². The summed E-state index contributed by atoms with van der Waals surface area (Å²) >= 11 is 0.